The van der Waals surface area contributed by atoms with Gasteiger partial charge in [-0.05, 0) is 56.7 Å². The Morgan fingerprint density at radius 1 is 1.13 bits per heavy atom. The van der Waals surface area contributed by atoms with E-state index in [1.807, 2.05) is 45.0 Å². The van der Waals surface area contributed by atoms with E-state index in [0.29, 0.717) is 16.0 Å². The number of aromatic nitrogens is 3. The molecule has 0 radical (unpaired) electrons. The lowest BCUT2D eigenvalue weighted by Gasteiger charge is -2.10. The van der Waals surface area contributed by atoms with Crippen LogP contribution < -0.4 is 10.1 Å². The zero-order chi connectivity index (χ0) is 22.1. The van der Waals surface area contributed by atoms with Gasteiger partial charge in [0.2, 0.25) is 5.88 Å². The van der Waals surface area contributed by atoms with Gasteiger partial charge in [0, 0.05) is 15.9 Å². The lowest BCUT2D eigenvalue weighted by Crippen LogP contribution is -2.21. The Morgan fingerprint density at radius 3 is 2.58 bits per heavy atom. The van der Waals surface area contributed by atoms with Crippen molar-refractivity contribution < 1.29 is 13.9 Å². The number of ether oxygens (including phenoxy) is 1. The molecule has 6 nitrogen and oxygen atoms in total. The highest BCUT2D eigenvalue weighted by Crippen LogP contribution is 2.27. The first kappa shape index (κ1) is 21.0. The molecule has 0 atom stereocenters. The number of nitrogens with one attached hydrogen (secondary N) is 1. The van der Waals surface area contributed by atoms with E-state index in [4.69, 9.17) is 4.74 Å². The van der Waals surface area contributed by atoms with Crippen molar-refractivity contribution in [2.45, 2.75) is 20.8 Å². The van der Waals surface area contributed by atoms with Crippen molar-refractivity contribution in [3.05, 3.63) is 75.6 Å². The zero-order valence-corrected chi connectivity index (χ0v) is 18.8. The number of fused-ring (bicyclic) bond motifs is 1. The van der Waals surface area contributed by atoms with Crippen molar-refractivity contribution in [3.63, 3.8) is 0 Å². The average Bonchev–Trinajstić information content (AvgIpc) is 3.06. The van der Waals surface area contributed by atoms with Crippen LogP contribution in [0.15, 0.2) is 53.0 Å². The summed E-state index contributed by atoms with van der Waals surface area (Å²) >= 11 is 3.19. The summed E-state index contributed by atoms with van der Waals surface area (Å²) in [4.78, 5) is 16.8. The molecular formula is C23H20BrFN4O2. The largest absolute Gasteiger partial charge is 0.467 e. The van der Waals surface area contributed by atoms with E-state index in [1.165, 1.54) is 12.1 Å². The SMILES string of the molecule is Cc1ccc(-n2nc(C)c3c(C)cc(OCC(=O)Nc4ccc(Br)cc4F)nc32)cc1. The van der Waals surface area contributed by atoms with Crippen molar-refractivity contribution in [1.82, 2.24) is 14.8 Å². The number of hydrogen-bond donors (Lipinski definition) is 1. The lowest BCUT2D eigenvalue weighted by atomic mass is 10.1. The minimum atomic E-state index is -0.532. The van der Waals surface area contributed by atoms with Crippen LogP contribution in [-0.2, 0) is 4.79 Å². The number of benzene rings is 2. The van der Waals surface area contributed by atoms with Crippen molar-refractivity contribution >= 4 is 38.6 Å². The van der Waals surface area contributed by atoms with Gasteiger partial charge in [0.1, 0.15) is 5.82 Å². The fourth-order valence-corrected chi connectivity index (χ4v) is 3.66. The molecule has 2 heterocycles. The Balaban J connectivity index is 1.57. The van der Waals surface area contributed by atoms with E-state index in [0.717, 1.165) is 27.9 Å². The normalized spacial score (nSPS) is 11.0. The van der Waals surface area contributed by atoms with Gasteiger partial charge in [-0.25, -0.2) is 9.07 Å². The molecule has 0 saturated carbocycles. The van der Waals surface area contributed by atoms with E-state index >= 15 is 0 Å². The fraction of sp³-hybridized carbons (Fsp3) is 0.174. The van der Waals surface area contributed by atoms with Crippen molar-refractivity contribution in [1.29, 1.82) is 0 Å². The molecule has 2 aromatic carbocycles. The second-order valence-electron chi connectivity index (χ2n) is 7.27. The van der Waals surface area contributed by atoms with Crippen LogP contribution in [0.3, 0.4) is 0 Å². The Kier molecular flexibility index (Phi) is 5.73. The molecule has 0 aliphatic heterocycles. The third-order valence-electron chi connectivity index (χ3n) is 4.82. The molecule has 2 aromatic heterocycles. The van der Waals surface area contributed by atoms with Gasteiger partial charge in [-0.3, -0.25) is 4.79 Å². The first-order valence-electron chi connectivity index (χ1n) is 9.63. The summed E-state index contributed by atoms with van der Waals surface area (Å²) in [6.07, 6.45) is 0. The average molecular weight is 483 g/mol. The second-order valence-corrected chi connectivity index (χ2v) is 8.19. The first-order chi connectivity index (χ1) is 14.8. The Labute approximate surface area is 187 Å². The van der Waals surface area contributed by atoms with Crippen LogP contribution in [-0.4, -0.2) is 27.3 Å². The summed E-state index contributed by atoms with van der Waals surface area (Å²) in [7, 11) is 0. The monoisotopic (exact) mass is 482 g/mol. The van der Waals surface area contributed by atoms with E-state index in [9.17, 15) is 9.18 Å². The number of nitrogens with zero attached hydrogens (tertiary/aromatic N) is 3. The van der Waals surface area contributed by atoms with Gasteiger partial charge in [-0.1, -0.05) is 33.6 Å². The molecule has 0 spiro atoms. The smallest absolute Gasteiger partial charge is 0.262 e. The number of aryl methyl sites for hydroxylation is 3. The van der Waals surface area contributed by atoms with Gasteiger partial charge in [0.15, 0.2) is 12.3 Å². The highest BCUT2D eigenvalue weighted by Gasteiger charge is 2.16. The molecule has 0 aliphatic rings. The van der Waals surface area contributed by atoms with Gasteiger partial charge in [0.05, 0.1) is 17.1 Å². The minimum Gasteiger partial charge on any atom is -0.467 e. The van der Waals surface area contributed by atoms with Gasteiger partial charge < -0.3 is 10.1 Å². The predicted molar refractivity (Wildman–Crippen MR) is 121 cm³/mol. The lowest BCUT2D eigenvalue weighted by molar-refractivity contribution is -0.118. The van der Waals surface area contributed by atoms with Crippen LogP contribution in [0.4, 0.5) is 10.1 Å². The summed E-state index contributed by atoms with van der Waals surface area (Å²) in [5.74, 6) is -0.718. The summed E-state index contributed by atoms with van der Waals surface area (Å²) < 4.78 is 21.9. The van der Waals surface area contributed by atoms with Crippen LogP contribution in [0.1, 0.15) is 16.8 Å². The second kappa shape index (κ2) is 8.47. The van der Waals surface area contributed by atoms with Gasteiger partial charge >= 0.3 is 0 Å². The molecule has 0 saturated heterocycles. The number of carbonyl (C=O) groups excluding carboxylic acids is 1. The maximum atomic E-state index is 13.9. The molecule has 0 aliphatic carbocycles. The first-order valence-corrected chi connectivity index (χ1v) is 10.4. The molecule has 1 amide bonds. The number of amides is 1. The van der Waals surface area contributed by atoms with Crippen molar-refractivity contribution in [2.24, 2.45) is 0 Å². The fourth-order valence-electron chi connectivity index (χ4n) is 3.33. The zero-order valence-electron chi connectivity index (χ0n) is 17.2. The molecular weight excluding hydrogens is 463 g/mol. The number of anilines is 1. The molecule has 1 N–H and O–H groups in total. The van der Waals surface area contributed by atoms with Crippen LogP contribution >= 0.6 is 15.9 Å². The minimum absolute atomic E-state index is 0.0875. The Hall–Kier alpha value is -3.26. The van der Waals surface area contributed by atoms with Crippen molar-refractivity contribution in [3.8, 4) is 11.6 Å². The number of rotatable bonds is 5. The van der Waals surface area contributed by atoms with Crippen LogP contribution in [0.5, 0.6) is 5.88 Å². The summed E-state index contributed by atoms with van der Waals surface area (Å²) in [5, 5.41) is 8.07. The summed E-state index contributed by atoms with van der Waals surface area (Å²) in [6, 6.07) is 14.2. The molecule has 158 valence electrons. The van der Waals surface area contributed by atoms with E-state index in [1.54, 1.807) is 16.8 Å². The molecule has 0 unspecified atom stereocenters. The van der Waals surface area contributed by atoms with Crippen LogP contribution in [0, 0.1) is 26.6 Å². The highest BCUT2D eigenvalue weighted by molar-refractivity contribution is 9.10. The van der Waals surface area contributed by atoms with Crippen LogP contribution in [0.25, 0.3) is 16.7 Å². The maximum Gasteiger partial charge on any atom is 0.262 e. The quantitative estimate of drug-likeness (QED) is 0.420. The highest BCUT2D eigenvalue weighted by atomic mass is 79.9. The molecule has 0 fully saturated rings. The molecule has 31 heavy (non-hydrogen) atoms. The van der Waals surface area contributed by atoms with E-state index in [-0.39, 0.29) is 12.3 Å². The van der Waals surface area contributed by atoms with Gasteiger partial charge in [-0.2, -0.15) is 10.1 Å². The molecule has 8 heteroatoms. The van der Waals surface area contributed by atoms with E-state index < -0.39 is 11.7 Å². The molecule has 0 bridgehead atoms. The topological polar surface area (TPSA) is 69.0 Å². The number of carbonyl (C=O) groups is 1. The number of pyridine rings is 1. The van der Waals surface area contributed by atoms with Crippen LogP contribution in [0.2, 0.25) is 0 Å². The van der Waals surface area contributed by atoms with Crippen molar-refractivity contribution in [2.75, 3.05) is 11.9 Å². The third kappa shape index (κ3) is 4.44. The molecule has 4 rings (SSSR count). The Morgan fingerprint density at radius 2 is 1.87 bits per heavy atom. The summed E-state index contributed by atoms with van der Waals surface area (Å²) in [6.45, 7) is 5.60. The Bertz CT molecular complexity index is 1290. The molecule has 4 aromatic rings. The third-order valence-corrected chi connectivity index (χ3v) is 5.31. The summed E-state index contributed by atoms with van der Waals surface area (Å²) in [5.41, 5.74) is 4.57. The number of halogens is 2. The van der Waals surface area contributed by atoms with Gasteiger partial charge in [-0.15, -0.1) is 0 Å². The predicted octanol–water partition coefficient (Wildman–Crippen LogP) is 5.26. The van der Waals surface area contributed by atoms with E-state index in [2.05, 4.69) is 31.3 Å². The maximum absolute atomic E-state index is 13.9. The van der Waals surface area contributed by atoms with Gasteiger partial charge in [0.25, 0.3) is 5.91 Å². The standard InChI is InChI=1S/C23H20BrFN4O2/c1-13-4-7-17(8-5-13)29-23-22(15(3)28-29)14(2)10-21(27-23)31-12-20(30)26-19-9-6-16(24)11-18(19)25/h4-11H,12H2,1-3H3,(H,26,30). The number of hydrogen-bond acceptors (Lipinski definition) is 4.